The number of carbonyl (C=O) groups excluding carboxylic acids is 1. The Labute approximate surface area is 181 Å². The topological polar surface area (TPSA) is 75.7 Å². The van der Waals surface area contributed by atoms with E-state index in [-0.39, 0.29) is 12.5 Å². The second-order valence-corrected chi connectivity index (χ2v) is 8.97. The zero-order valence-electron chi connectivity index (χ0n) is 16.5. The highest BCUT2D eigenvalue weighted by atomic mass is 35.5. The molecule has 1 N–H and O–H groups in total. The summed E-state index contributed by atoms with van der Waals surface area (Å²) >= 11 is 6.01. The first-order chi connectivity index (χ1) is 14.3. The zero-order chi connectivity index (χ0) is 21.7. The van der Waals surface area contributed by atoms with Gasteiger partial charge in [-0.1, -0.05) is 29.8 Å². The summed E-state index contributed by atoms with van der Waals surface area (Å²) in [7, 11) is -1.94. The van der Waals surface area contributed by atoms with E-state index in [1.54, 1.807) is 79.9 Å². The largest absolute Gasteiger partial charge is 0.497 e. The van der Waals surface area contributed by atoms with Crippen molar-refractivity contribution in [1.82, 2.24) is 0 Å². The molecule has 0 aromatic heterocycles. The third-order valence-electron chi connectivity index (χ3n) is 4.39. The quantitative estimate of drug-likeness (QED) is 0.579. The van der Waals surface area contributed by atoms with Crippen LogP contribution in [0.25, 0.3) is 0 Å². The average molecular weight is 445 g/mol. The fourth-order valence-electron chi connectivity index (χ4n) is 2.84. The van der Waals surface area contributed by atoms with Crippen molar-refractivity contribution >= 4 is 38.9 Å². The van der Waals surface area contributed by atoms with E-state index in [1.807, 2.05) is 0 Å². The van der Waals surface area contributed by atoms with Crippen LogP contribution in [0.3, 0.4) is 0 Å². The van der Waals surface area contributed by atoms with E-state index in [0.717, 1.165) is 11.8 Å². The minimum atomic E-state index is -3.52. The number of sulfonamides is 1. The lowest BCUT2D eigenvalue weighted by Gasteiger charge is -2.22. The van der Waals surface area contributed by atoms with E-state index < -0.39 is 10.0 Å². The number of hydrogen-bond acceptors (Lipinski definition) is 4. The number of anilines is 2. The van der Waals surface area contributed by atoms with Crippen LogP contribution in [0.5, 0.6) is 5.75 Å². The van der Waals surface area contributed by atoms with E-state index in [9.17, 15) is 13.2 Å². The Hall–Kier alpha value is -3.03. The molecule has 3 aromatic rings. The normalized spacial score (nSPS) is 11.0. The highest BCUT2D eigenvalue weighted by Crippen LogP contribution is 2.24. The van der Waals surface area contributed by atoms with E-state index in [2.05, 4.69) is 5.32 Å². The van der Waals surface area contributed by atoms with Gasteiger partial charge in [0.05, 0.1) is 25.6 Å². The van der Waals surface area contributed by atoms with Crippen molar-refractivity contribution in [2.75, 3.05) is 23.0 Å². The van der Waals surface area contributed by atoms with E-state index in [0.29, 0.717) is 27.7 Å². The lowest BCUT2D eigenvalue weighted by atomic mass is 10.1. The molecule has 3 rings (SSSR count). The average Bonchev–Trinajstić information content (AvgIpc) is 2.72. The molecule has 3 aromatic carbocycles. The van der Waals surface area contributed by atoms with Gasteiger partial charge >= 0.3 is 0 Å². The van der Waals surface area contributed by atoms with Crippen molar-refractivity contribution < 1.29 is 17.9 Å². The molecular formula is C22H21ClN2O4S. The van der Waals surface area contributed by atoms with Gasteiger partial charge < -0.3 is 10.1 Å². The van der Waals surface area contributed by atoms with Crippen molar-refractivity contribution in [3.63, 3.8) is 0 Å². The Morgan fingerprint density at radius 3 is 2.27 bits per heavy atom. The molecule has 0 saturated heterocycles. The lowest BCUT2D eigenvalue weighted by Crippen LogP contribution is -2.29. The summed E-state index contributed by atoms with van der Waals surface area (Å²) in [4.78, 5) is 12.5. The molecule has 0 spiro atoms. The summed E-state index contributed by atoms with van der Waals surface area (Å²) in [5, 5.41) is 3.26. The number of amides is 1. The molecule has 1 amide bonds. The highest BCUT2D eigenvalue weighted by Gasteiger charge is 2.18. The molecule has 0 aliphatic heterocycles. The lowest BCUT2D eigenvalue weighted by molar-refractivity contribution is 0.102. The number of carbonyl (C=O) groups is 1. The van der Waals surface area contributed by atoms with Crippen LogP contribution in [0, 0.1) is 0 Å². The van der Waals surface area contributed by atoms with E-state index in [4.69, 9.17) is 16.3 Å². The van der Waals surface area contributed by atoms with Gasteiger partial charge in [-0.3, -0.25) is 9.10 Å². The molecular weight excluding hydrogens is 424 g/mol. The Kier molecular flexibility index (Phi) is 6.64. The van der Waals surface area contributed by atoms with Gasteiger partial charge in [0, 0.05) is 16.3 Å². The number of nitrogens with one attached hydrogen (secondary N) is 1. The van der Waals surface area contributed by atoms with Crippen molar-refractivity contribution in [3.8, 4) is 5.75 Å². The number of methoxy groups -OCH3 is 1. The first-order valence-corrected chi connectivity index (χ1v) is 11.3. The van der Waals surface area contributed by atoms with Crippen LogP contribution in [0.2, 0.25) is 5.02 Å². The summed E-state index contributed by atoms with van der Waals surface area (Å²) in [6.45, 7) is 0.125. The first-order valence-electron chi connectivity index (χ1n) is 9.04. The molecule has 0 aliphatic carbocycles. The van der Waals surface area contributed by atoms with Gasteiger partial charge in [0.2, 0.25) is 10.0 Å². The molecule has 30 heavy (non-hydrogen) atoms. The van der Waals surface area contributed by atoms with Crippen molar-refractivity contribution in [3.05, 3.63) is 88.9 Å². The number of halogens is 1. The number of hydrogen-bond donors (Lipinski definition) is 1. The molecule has 0 heterocycles. The number of rotatable bonds is 7. The molecule has 8 heteroatoms. The van der Waals surface area contributed by atoms with Crippen LogP contribution in [-0.2, 0) is 16.6 Å². The van der Waals surface area contributed by atoms with Crippen LogP contribution in [-0.4, -0.2) is 27.7 Å². The highest BCUT2D eigenvalue weighted by molar-refractivity contribution is 7.92. The SMILES string of the molecule is COc1ccc(NC(=O)c2ccc(CN(c3cccc(Cl)c3)S(C)(=O)=O)cc2)cc1. The Morgan fingerprint density at radius 2 is 1.70 bits per heavy atom. The van der Waals surface area contributed by atoms with Crippen LogP contribution < -0.4 is 14.4 Å². The minimum Gasteiger partial charge on any atom is -0.497 e. The molecule has 0 atom stereocenters. The second-order valence-electron chi connectivity index (χ2n) is 6.63. The van der Waals surface area contributed by atoms with Gasteiger partial charge in [0.1, 0.15) is 5.75 Å². The van der Waals surface area contributed by atoms with Gasteiger partial charge in [-0.2, -0.15) is 0 Å². The molecule has 0 aliphatic rings. The zero-order valence-corrected chi connectivity index (χ0v) is 18.1. The van der Waals surface area contributed by atoms with Crippen LogP contribution in [0.15, 0.2) is 72.8 Å². The summed E-state index contributed by atoms with van der Waals surface area (Å²) < 4.78 is 30.9. The third kappa shape index (κ3) is 5.52. The maximum absolute atomic E-state index is 12.5. The first kappa shape index (κ1) is 21.7. The summed E-state index contributed by atoms with van der Waals surface area (Å²) in [5.41, 5.74) is 2.32. The van der Waals surface area contributed by atoms with Gasteiger partial charge in [0.25, 0.3) is 5.91 Å². The monoisotopic (exact) mass is 444 g/mol. The maximum atomic E-state index is 12.5. The van der Waals surface area contributed by atoms with Gasteiger partial charge in [-0.05, 0) is 60.2 Å². The molecule has 0 fully saturated rings. The predicted octanol–water partition coefficient (Wildman–Crippen LogP) is 4.57. The van der Waals surface area contributed by atoms with Crippen molar-refractivity contribution in [2.45, 2.75) is 6.54 Å². The van der Waals surface area contributed by atoms with Crippen LogP contribution >= 0.6 is 11.6 Å². The Morgan fingerprint density at radius 1 is 1.03 bits per heavy atom. The predicted molar refractivity (Wildman–Crippen MR) is 120 cm³/mol. The summed E-state index contributed by atoms with van der Waals surface area (Å²) in [5.74, 6) is 0.439. The maximum Gasteiger partial charge on any atom is 0.255 e. The van der Waals surface area contributed by atoms with E-state index in [1.165, 1.54) is 4.31 Å². The Bertz CT molecular complexity index is 1130. The van der Waals surface area contributed by atoms with Crippen molar-refractivity contribution in [1.29, 1.82) is 0 Å². The molecule has 0 unspecified atom stereocenters. The van der Waals surface area contributed by atoms with E-state index >= 15 is 0 Å². The smallest absolute Gasteiger partial charge is 0.255 e. The van der Waals surface area contributed by atoms with Crippen molar-refractivity contribution in [2.24, 2.45) is 0 Å². The standard InChI is InChI=1S/C22H21ClN2O4S/c1-29-21-12-10-19(11-13-21)24-22(26)17-8-6-16(7-9-17)15-25(30(2,27)28)20-5-3-4-18(23)14-20/h3-14H,15H2,1-2H3,(H,24,26). The fraction of sp³-hybridized carbons (Fsp3) is 0.136. The summed E-state index contributed by atoms with van der Waals surface area (Å²) in [6, 6.07) is 20.5. The number of benzene rings is 3. The molecule has 6 nitrogen and oxygen atoms in total. The van der Waals surface area contributed by atoms with Crippen LogP contribution in [0.4, 0.5) is 11.4 Å². The molecule has 0 saturated carbocycles. The Balaban J connectivity index is 1.74. The summed E-state index contributed by atoms with van der Waals surface area (Å²) in [6.07, 6.45) is 1.14. The second kappa shape index (κ2) is 9.19. The van der Waals surface area contributed by atoms with Gasteiger partial charge in [-0.25, -0.2) is 8.42 Å². The van der Waals surface area contributed by atoms with Crippen LogP contribution in [0.1, 0.15) is 15.9 Å². The van der Waals surface area contributed by atoms with Gasteiger partial charge in [-0.15, -0.1) is 0 Å². The fourth-order valence-corrected chi connectivity index (χ4v) is 3.90. The molecule has 0 bridgehead atoms. The molecule has 156 valence electrons. The van der Waals surface area contributed by atoms with Gasteiger partial charge in [0.15, 0.2) is 0 Å². The number of nitrogens with zero attached hydrogens (tertiary/aromatic N) is 1. The number of ether oxygens (including phenoxy) is 1. The minimum absolute atomic E-state index is 0.125. The third-order valence-corrected chi connectivity index (χ3v) is 5.76. The molecule has 0 radical (unpaired) electrons.